The van der Waals surface area contributed by atoms with Gasteiger partial charge in [-0.3, -0.25) is 9.69 Å². The minimum absolute atomic E-state index is 0.00270. The molecule has 0 heterocycles. The summed E-state index contributed by atoms with van der Waals surface area (Å²) >= 11 is 0. The number of halogens is 3. The number of aliphatic hydroxyl groups is 1. The number of hydrogen-bond donors (Lipinski definition) is 1. The first-order chi connectivity index (χ1) is 8.52. The molecule has 0 aliphatic rings. The van der Waals surface area contributed by atoms with Crippen LogP contribution in [-0.4, -0.2) is 48.5 Å². The lowest BCUT2D eigenvalue weighted by Gasteiger charge is -2.19. The standard InChI is InChI=1S/C12H14F3NO2/c13-10-3-1-9(2-4-10)11(18)7-16(5-6-17)8-12(14)15/h1-4,12,17H,5-8H2. The van der Waals surface area contributed by atoms with E-state index in [0.29, 0.717) is 0 Å². The first-order valence-electron chi connectivity index (χ1n) is 5.43. The number of benzene rings is 1. The normalized spacial score (nSPS) is 11.2. The Morgan fingerprint density at radius 2 is 1.89 bits per heavy atom. The molecule has 0 bridgehead atoms. The number of Topliss-reactive ketones (excluding diaryl/α,β-unsaturated/α-hetero) is 1. The van der Waals surface area contributed by atoms with Gasteiger partial charge in [0.05, 0.1) is 19.7 Å². The maximum atomic E-state index is 12.7. The van der Waals surface area contributed by atoms with Crippen molar-refractivity contribution in [2.24, 2.45) is 0 Å². The highest BCUT2D eigenvalue weighted by Crippen LogP contribution is 2.06. The largest absolute Gasteiger partial charge is 0.395 e. The maximum absolute atomic E-state index is 12.7. The Kier molecular flexibility index (Phi) is 5.80. The fourth-order valence-corrected chi connectivity index (χ4v) is 1.50. The summed E-state index contributed by atoms with van der Waals surface area (Å²) in [5.41, 5.74) is 0.258. The number of carbonyl (C=O) groups excluding carboxylic acids is 1. The topological polar surface area (TPSA) is 40.5 Å². The molecule has 1 rings (SSSR count). The molecule has 0 saturated heterocycles. The summed E-state index contributed by atoms with van der Waals surface area (Å²) in [5.74, 6) is -0.851. The lowest BCUT2D eigenvalue weighted by atomic mass is 10.1. The lowest BCUT2D eigenvalue weighted by molar-refractivity contribution is 0.0689. The molecule has 0 spiro atoms. The molecule has 1 N–H and O–H groups in total. The molecule has 0 radical (unpaired) electrons. The summed E-state index contributed by atoms with van der Waals surface area (Å²) < 4.78 is 37.1. The van der Waals surface area contributed by atoms with E-state index in [1.165, 1.54) is 12.1 Å². The quantitative estimate of drug-likeness (QED) is 0.757. The Morgan fingerprint density at radius 1 is 1.28 bits per heavy atom. The second-order valence-corrected chi connectivity index (χ2v) is 3.78. The Labute approximate surface area is 103 Å². The van der Waals surface area contributed by atoms with E-state index in [-0.39, 0.29) is 31.0 Å². The molecule has 1 aromatic rings. The predicted octanol–water partition coefficient (Wildman–Crippen LogP) is 1.57. The Bertz CT molecular complexity index is 381. The zero-order valence-electron chi connectivity index (χ0n) is 9.65. The van der Waals surface area contributed by atoms with E-state index in [4.69, 9.17) is 5.11 Å². The Balaban J connectivity index is 2.62. The summed E-state index contributed by atoms with van der Waals surface area (Å²) in [6, 6.07) is 4.88. The van der Waals surface area contributed by atoms with Crippen LogP contribution in [0, 0.1) is 5.82 Å². The van der Waals surface area contributed by atoms with Crippen molar-refractivity contribution < 1.29 is 23.1 Å². The molecule has 0 atom stereocenters. The van der Waals surface area contributed by atoms with E-state index in [1.54, 1.807) is 0 Å². The van der Waals surface area contributed by atoms with Crippen LogP contribution in [0.3, 0.4) is 0 Å². The number of alkyl halides is 2. The Hall–Kier alpha value is -1.40. The summed E-state index contributed by atoms with van der Waals surface area (Å²) in [6.45, 7) is -1.11. The van der Waals surface area contributed by atoms with Gasteiger partial charge in [-0.1, -0.05) is 0 Å². The van der Waals surface area contributed by atoms with Gasteiger partial charge >= 0.3 is 0 Å². The van der Waals surface area contributed by atoms with Crippen molar-refractivity contribution >= 4 is 5.78 Å². The van der Waals surface area contributed by atoms with Crippen LogP contribution < -0.4 is 0 Å². The molecule has 1 aromatic carbocycles. The van der Waals surface area contributed by atoms with Crippen molar-refractivity contribution in [3.8, 4) is 0 Å². The van der Waals surface area contributed by atoms with Crippen molar-refractivity contribution in [3.05, 3.63) is 35.6 Å². The number of aliphatic hydroxyl groups excluding tert-OH is 1. The molecule has 0 fully saturated rings. The SMILES string of the molecule is O=C(CN(CCO)CC(F)F)c1ccc(F)cc1. The molecule has 100 valence electrons. The number of carbonyl (C=O) groups is 1. The molecule has 0 aromatic heterocycles. The van der Waals surface area contributed by atoms with Gasteiger partial charge in [0, 0.05) is 12.1 Å². The van der Waals surface area contributed by atoms with Crippen molar-refractivity contribution in [2.75, 3.05) is 26.2 Å². The van der Waals surface area contributed by atoms with Crippen molar-refractivity contribution in [3.63, 3.8) is 0 Å². The highest BCUT2D eigenvalue weighted by molar-refractivity contribution is 5.97. The fourth-order valence-electron chi connectivity index (χ4n) is 1.50. The number of ketones is 1. The van der Waals surface area contributed by atoms with Crippen molar-refractivity contribution in [2.45, 2.75) is 6.43 Å². The molecule has 6 heteroatoms. The predicted molar refractivity (Wildman–Crippen MR) is 60.3 cm³/mol. The van der Waals surface area contributed by atoms with E-state index < -0.39 is 18.8 Å². The highest BCUT2D eigenvalue weighted by atomic mass is 19.3. The first kappa shape index (κ1) is 14.7. The lowest BCUT2D eigenvalue weighted by Crippen LogP contribution is -2.36. The minimum Gasteiger partial charge on any atom is -0.395 e. The molecule has 0 aliphatic carbocycles. The molecular formula is C12H14F3NO2. The van der Waals surface area contributed by atoms with Crippen molar-refractivity contribution in [1.82, 2.24) is 4.90 Å². The van der Waals surface area contributed by atoms with Crippen LogP contribution in [0.25, 0.3) is 0 Å². The van der Waals surface area contributed by atoms with Crippen LogP contribution >= 0.6 is 0 Å². The second-order valence-electron chi connectivity index (χ2n) is 3.78. The third-order valence-corrected chi connectivity index (χ3v) is 2.35. The summed E-state index contributed by atoms with van der Waals surface area (Å²) in [4.78, 5) is 12.9. The van der Waals surface area contributed by atoms with Gasteiger partial charge in [-0.2, -0.15) is 0 Å². The van der Waals surface area contributed by atoms with Gasteiger partial charge < -0.3 is 5.11 Å². The van der Waals surface area contributed by atoms with Gasteiger partial charge in [-0.25, -0.2) is 13.2 Å². The van der Waals surface area contributed by atoms with Crippen molar-refractivity contribution in [1.29, 1.82) is 0 Å². The molecule has 0 saturated carbocycles. The van der Waals surface area contributed by atoms with Crippen LogP contribution in [-0.2, 0) is 0 Å². The molecule has 3 nitrogen and oxygen atoms in total. The average molecular weight is 261 g/mol. The zero-order valence-corrected chi connectivity index (χ0v) is 9.65. The van der Waals surface area contributed by atoms with E-state index in [9.17, 15) is 18.0 Å². The van der Waals surface area contributed by atoms with Gasteiger partial charge in [0.25, 0.3) is 6.43 Å². The van der Waals surface area contributed by atoms with E-state index in [1.807, 2.05) is 0 Å². The second kappa shape index (κ2) is 7.13. The third-order valence-electron chi connectivity index (χ3n) is 2.35. The minimum atomic E-state index is -2.57. The molecule has 18 heavy (non-hydrogen) atoms. The fraction of sp³-hybridized carbons (Fsp3) is 0.417. The first-order valence-corrected chi connectivity index (χ1v) is 5.43. The van der Waals surface area contributed by atoms with Gasteiger partial charge in [-0.15, -0.1) is 0 Å². The third kappa shape index (κ3) is 4.85. The van der Waals surface area contributed by atoms with Crippen LogP contribution in [0.4, 0.5) is 13.2 Å². The van der Waals surface area contributed by atoms with Gasteiger partial charge in [0.2, 0.25) is 0 Å². The average Bonchev–Trinajstić information content (AvgIpc) is 2.29. The summed E-state index contributed by atoms with van der Waals surface area (Å²) in [7, 11) is 0. The molecule has 0 unspecified atom stereocenters. The van der Waals surface area contributed by atoms with Gasteiger partial charge in [-0.05, 0) is 24.3 Å². The molecular weight excluding hydrogens is 247 g/mol. The molecule has 0 amide bonds. The smallest absolute Gasteiger partial charge is 0.251 e. The van der Waals surface area contributed by atoms with Crippen LogP contribution in [0.2, 0.25) is 0 Å². The number of nitrogens with zero attached hydrogens (tertiary/aromatic N) is 1. The summed E-state index contributed by atoms with van der Waals surface area (Å²) in [6.07, 6.45) is -2.57. The highest BCUT2D eigenvalue weighted by Gasteiger charge is 2.16. The van der Waals surface area contributed by atoms with Crippen LogP contribution in [0.15, 0.2) is 24.3 Å². The zero-order chi connectivity index (χ0) is 13.5. The van der Waals surface area contributed by atoms with E-state index >= 15 is 0 Å². The molecule has 0 aliphatic heterocycles. The monoisotopic (exact) mass is 261 g/mol. The van der Waals surface area contributed by atoms with Gasteiger partial charge in [0.1, 0.15) is 5.82 Å². The van der Waals surface area contributed by atoms with E-state index in [0.717, 1.165) is 17.0 Å². The Morgan fingerprint density at radius 3 is 2.39 bits per heavy atom. The van der Waals surface area contributed by atoms with Crippen LogP contribution in [0.1, 0.15) is 10.4 Å². The van der Waals surface area contributed by atoms with Gasteiger partial charge in [0.15, 0.2) is 5.78 Å². The maximum Gasteiger partial charge on any atom is 0.251 e. The number of rotatable bonds is 7. The number of hydrogen-bond acceptors (Lipinski definition) is 3. The summed E-state index contributed by atoms with van der Waals surface area (Å²) in [5, 5.41) is 8.72. The van der Waals surface area contributed by atoms with Crippen LogP contribution in [0.5, 0.6) is 0 Å². The van der Waals surface area contributed by atoms with E-state index in [2.05, 4.69) is 0 Å².